The van der Waals surface area contributed by atoms with E-state index in [0.29, 0.717) is 17.6 Å². The number of nitrogens with zero attached hydrogens (tertiary/aromatic N) is 3. The summed E-state index contributed by atoms with van der Waals surface area (Å²) in [5, 5.41) is 4.27. The van der Waals surface area contributed by atoms with Gasteiger partial charge < -0.3 is 27.5 Å². The zero-order valence-electron chi connectivity index (χ0n) is 28.9. The number of aromatic amines is 1. The largest absolute Gasteiger partial charge is 0.370 e. The molecule has 1 aliphatic carbocycles. The minimum Gasteiger partial charge on any atom is -0.370 e. The van der Waals surface area contributed by atoms with Gasteiger partial charge in [-0.1, -0.05) is 65.8 Å². The summed E-state index contributed by atoms with van der Waals surface area (Å²) >= 11 is 0. The summed E-state index contributed by atoms with van der Waals surface area (Å²) in [6.45, 7) is 15.5. The van der Waals surface area contributed by atoms with Crippen LogP contribution in [0, 0.1) is 11.2 Å². The Morgan fingerprint density at radius 2 is 1.70 bits per heavy atom. The van der Waals surface area contributed by atoms with Crippen LogP contribution in [0.25, 0.3) is 16.7 Å². The van der Waals surface area contributed by atoms with Crippen LogP contribution in [0.1, 0.15) is 89.6 Å². The fourth-order valence-corrected chi connectivity index (χ4v) is 5.45. The number of aromatic nitrogens is 3. The number of nitrogens with two attached hydrogens (primary N) is 3. The number of aliphatic imine (C=N–C) groups is 1. The number of guanidine groups is 1. The van der Waals surface area contributed by atoms with E-state index in [1.54, 1.807) is 10.6 Å². The van der Waals surface area contributed by atoms with E-state index < -0.39 is 0 Å². The highest BCUT2D eigenvalue weighted by Gasteiger charge is 2.40. The lowest BCUT2D eigenvalue weighted by Crippen LogP contribution is -2.23. The maximum atomic E-state index is 13.8. The van der Waals surface area contributed by atoms with Crippen LogP contribution in [-0.4, -0.2) is 40.1 Å². The lowest BCUT2D eigenvalue weighted by molar-refractivity contribution is 0.477. The fraction of sp³-hybridized carbons (Fsp3) is 0.486. The Balaban J connectivity index is 0.000000238. The van der Waals surface area contributed by atoms with Crippen molar-refractivity contribution in [2.24, 2.45) is 27.6 Å². The normalized spacial score (nSPS) is 14.0. The van der Waals surface area contributed by atoms with Crippen molar-refractivity contribution in [3.05, 3.63) is 93.4 Å². The van der Waals surface area contributed by atoms with E-state index in [0.717, 1.165) is 66.8 Å². The second-order valence-electron chi connectivity index (χ2n) is 14.9. The van der Waals surface area contributed by atoms with Gasteiger partial charge in [-0.05, 0) is 97.0 Å². The Hall–Kier alpha value is -4.02. The third-order valence-electron chi connectivity index (χ3n) is 8.84. The number of aryl methyl sites for hydroxylation is 1. The molecule has 2 aromatic heterocycles. The molecule has 254 valence electrons. The zero-order valence-corrected chi connectivity index (χ0v) is 28.9. The van der Waals surface area contributed by atoms with E-state index in [1.807, 2.05) is 42.6 Å². The molecule has 9 nitrogen and oxygen atoms in total. The molecule has 0 atom stereocenters. The highest BCUT2D eigenvalue weighted by atomic mass is 19.1. The standard InChI is InChI=1S/C21H29N7O.C16H24FN/c1-21(2,3)17-11-15-13-28(20(29)27-18(15)26-17)16-7-5-14(6-8-16)12-24-9-4-10-25-19(22)23;1-15(2,3)13-10-12(4-5-14(13)17)6-7-16(11-18)8-9-16/h5-8,11,13,24H,4,9-10,12H2,1-3H3,(H4,22,23,25)(H,26,27,29);4-5,10H,6-9,11,18H2,1-3H3. The summed E-state index contributed by atoms with van der Waals surface area (Å²) in [5.41, 5.74) is 22.0. The summed E-state index contributed by atoms with van der Waals surface area (Å²) < 4.78 is 15.4. The summed E-state index contributed by atoms with van der Waals surface area (Å²) in [5.74, 6) is 0.0315. The van der Waals surface area contributed by atoms with Crippen LogP contribution in [0.5, 0.6) is 0 Å². The van der Waals surface area contributed by atoms with Crippen molar-refractivity contribution >= 4 is 17.0 Å². The predicted octanol–water partition coefficient (Wildman–Crippen LogP) is 5.56. The van der Waals surface area contributed by atoms with E-state index in [1.165, 1.54) is 18.4 Å². The van der Waals surface area contributed by atoms with Gasteiger partial charge in [0, 0.05) is 35.8 Å². The first-order chi connectivity index (χ1) is 22.1. The number of nitrogens with one attached hydrogen (secondary N) is 2. The maximum Gasteiger partial charge on any atom is 0.354 e. The number of halogens is 1. The molecule has 10 heteroatoms. The minimum atomic E-state index is -0.301. The molecule has 2 heterocycles. The summed E-state index contributed by atoms with van der Waals surface area (Å²) in [7, 11) is 0. The summed E-state index contributed by atoms with van der Waals surface area (Å²) in [4.78, 5) is 23.9. The Kier molecular flexibility index (Phi) is 11.3. The third-order valence-corrected chi connectivity index (χ3v) is 8.84. The van der Waals surface area contributed by atoms with Gasteiger partial charge >= 0.3 is 5.69 Å². The molecule has 0 spiro atoms. The van der Waals surface area contributed by atoms with Gasteiger partial charge in [0.2, 0.25) is 0 Å². The molecule has 1 fully saturated rings. The van der Waals surface area contributed by atoms with Crippen molar-refractivity contribution in [2.45, 2.75) is 91.0 Å². The molecule has 1 aliphatic rings. The molecule has 1 saturated carbocycles. The molecular weight excluding hydrogens is 591 g/mol. The van der Waals surface area contributed by atoms with Crippen molar-refractivity contribution in [1.82, 2.24) is 19.9 Å². The van der Waals surface area contributed by atoms with Crippen molar-refractivity contribution in [3.63, 3.8) is 0 Å². The molecular formula is C37H53FN8O. The molecule has 8 N–H and O–H groups in total. The maximum absolute atomic E-state index is 13.8. The second kappa shape index (κ2) is 14.8. The first kappa shape index (κ1) is 35.8. The smallest absolute Gasteiger partial charge is 0.354 e. The second-order valence-corrected chi connectivity index (χ2v) is 14.9. The molecule has 5 rings (SSSR count). The van der Waals surface area contributed by atoms with Gasteiger partial charge in [-0.25, -0.2) is 9.18 Å². The van der Waals surface area contributed by atoms with Gasteiger partial charge in [-0.2, -0.15) is 4.98 Å². The SMILES string of the molecule is CC(C)(C)c1cc(CCC2(CN)CC2)ccc1F.CC(C)(C)c1cc2cn(-c3ccc(CNCCCN=C(N)N)cc3)c(=O)nc2[nH]1. The van der Waals surface area contributed by atoms with Crippen LogP contribution >= 0.6 is 0 Å². The van der Waals surface area contributed by atoms with Crippen LogP contribution < -0.4 is 28.2 Å². The van der Waals surface area contributed by atoms with E-state index in [2.05, 4.69) is 67.9 Å². The highest BCUT2D eigenvalue weighted by molar-refractivity contribution is 5.76. The number of hydrogen-bond donors (Lipinski definition) is 5. The highest BCUT2D eigenvalue weighted by Crippen LogP contribution is 2.48. The molecule has 0 saturated heterocycles. The predicted molar refractivity (Wildman–Crippen MR) is 192 cm³/mol. The quantitative estimate of drug-likeness (QED) is 0.0819. The van der Waals surface area contributed by atoms with Crippen LogP contribution in [0.4, 0.5) is 4.39 Å². The van der Waals surface area contributed by atoms with E-state index in [-0.39, 0.29) is 28.3 Å². The molecule has 4 aromatic rings. The van der Waals surface area contributed by atoms with Gasteiger partial charge in [-0.15, -0.1) is 0 Å². The fourth-order valence-electron chi connectivity index (χ4n) is 5.45. The minimum absolute atomic E-state index is 0.0352. The van der Waals surface area contributed by atoms with E-state index >= 15 is 0 Å². The monoisotopic (exact) mass is 644 g/mol. The first-order valence-corrected chi connectivity index (χ1v) is 16.6. The molecule has 0 radical (unpaired) electrons. The Morgan fingerprint density at radius 1 is 1.02 bits per heavy atom. The lowest BCUT2D eigenvalue weighted by Gasteiger charge is -2.21. The Bertz CT molecular complexity index is 1720. The van der Waals surface area contributed by atoms with Gasteiger partial charge in [0.25, 0.3) is 0 Å². The van der Waals surface area contributed by atoms with Crippen LogP contribution in [-0.2, 0) is 23.8 Å². The molecule has 0 amide bonds. The topological polar surface area (TPSA) is 153 Å². The Labute approximate surface area is 278 Å². The van der Waals surface area contributed by atoms with Crippen LogP contribution in [0.15, 0.2) is 64.5 Å². The number of benzene rings is 2. The Morgan fingerprint density at radius 3 is 2.30 bits per heavy atom. The van der Waals surface area contributed by atoms with Crippen LogP contribution in [0.3, 0.4) is 0 Å². The summed E-state index contributed by atoms with van der Waals surface area (Å²) in [6, 6.07) is 15.5. The molecule has 47 heavy (non-hydrogen) atoms. The van der Waals surface area contributed by atoms with Crippen molar-refractivity contribution in [2.75, 3.05) is 19.6 Å². The van der Waals surface area contributed by atoms with Crippen molar-refractivity contribution in [3.8, 4) is 5.69 Å². The van der Waals surface area contributed by atoms with Gasteiger partial charge in [0.15, 0.2) is 5.96 Å². The van der Waals surface area contributed by atoms with Crippen molar-refractivity contribution < 1.29 is 4.39 Å². The number of H-pyrrole nitrogens is 1. The van der Waals surface area contributed by atoms with Crippen molar-refractivity contribution in [1.29, 1.82) is 0 Å². The molecule has 2 aromatic carbocycles. The average Bonchev–Trinajstić information content (AvgIpc) is 3.67. The molecule has 0 aliphatic heterocycles. The number of rotatable bonds is 11. The first-order valence-electron chi connectivity index (χ1n) is 16.6. The number of fused-ring (bicyclic) bond motifs is 1. The molecule has 0 unspecified atom stereocenters. The third kappa shape index (κ3) is 9.98. The van der Waals surface area contributed by atoms with Gasteiger partial charge in [-0.3, -0.25) is 9.56 Å². The zero-order chi connectivity index (χ0) is 34.4. The molecule has 0 bridgehead atoms. The van der Waals surface area contributed by atoms with E-state index in [9.17, 15) is 9.18 Å². The van der Waals surface area contributed by atoms with E-state index in [4.69, 9.17) is 17.2 Å². The van der Waals surface area contributed by atoms with Crippen LogP contribution in [0.2, 0.25) is 0 Å². The lowest BCUT2D eigenvalue weighted by atomic mass is 9.85. The van der Waals surface area contributed by atoms with Gasteiger partial charge in [0.05, 0.1) is 5.69 Å². The number of hydrogen-bond acceptors (Lipinski definition) is 5. The van der Waals surface area contributed by atoms with Gasteiger partial charge in [0.1, 0.15) is 11.5 Å². The average molecular weight is 645 g/mol. The summed E-state index contributed by atoms with van der Waals surface area (Å²) in [6.07, 6.45) is 7.38.